The highest BCUT2D eigenvalue weighted by Gasteiger charge is 2.57. The van der Waals surface area contributed by atoms with Crippen molar-refractivity contribution in [3.63, 3.8) is 0 Å². The predicted octanol–water partition coefficient (Wildman–Crippen LogP) is 3.08. The third-order valence-corrected chi connectivity index (χ3v) is 4.78. The Kier molecular flexibility index (Phi) is 3.08. The van der Waals surface area contributed by atoms with Crippen molar-refractivity contribution in [2.24, 2.45) is 11.3 Å². The zero-order chi connectivity index (χ0) is 13.6. The number of aromatic nitrogens is 2. The van der Waals surface area contributed by atoms with Gasteiger partial charge < -0.3 is 10.1 Å². The first kappa shape index (κ1) is 13.0. The molecule has 106 valence electrons. The zero-order valence-electron chi connectivity index (χ0n) is 12.4. The van der Waals surface area contributed by atoms with Crippen LogP contribution in [-0.2, 0) is 4.74 Å². The van der Waals surface area contributed by atoms with Crippen LogP contribution in [0.3, 0.4) is 0 Å². The fourth-order valence-corrected chi connectivity index (χ4v) is 3.69. The van der Waals surface area contributed by atoms with Crippen LogP contribution in [0.1, 0.15) is 46.6 Å². The normalized spacial score (nSPS) is 32.8. The van der Waals surface area contributed by atoms with E-state index in [9.17, 15) is 0 Å². The molecule has 2 fully saturated rings. The molecule has 1 saturated heterocycles. The van der Waals surface area contributed by atoms with E-state index in [-0.39, 0.29) is 5.41 Å². The maximum absolute atomic E-state index is 5.94. The highest BCUT2D eigenvalue weighted by atomic mass is 16.5. The monoisotopic (exact) mass is 263 g/mol. The highest BCUT2D eigenvalue weighted by Crippen LogP contribution is 2.52. The second-order valence-corrected chi connectivity index (χ2v) is 6.84. The third kappa shape index (κ3) is 2.06. The average Bonchev–Trinajstić information content (AvgIpc) is 2.85. The maximum atomic E-state index is 5.94. The van der Waals surface area contributed by atoms with Gasteiger partial charge in [0.2, 0.25) is 0 Å². The summed E-state index contributed by atoms with van der Waals surface area (Å²) in [6.07, 6.45) is 6.95. The van der Waals surface area contributed by atoms with Gasteiger partial charge in [-0.1, -0.05) is 13.8 Å². The molecule has 0 aromatic carbocycles. The lowest BCUT2D eigenvalue weighted by Crippen LogP contribution is -2.67. The smallest absolute Gasteiger partial charge is 0.0729 e. The zero-order valence-corrected chi connectivity index (χ0v) is 12.4. The van der Waals surface area contributed by atoms with E-state index < -0.39 is 0 Å². The first-order chi connectivity index (χ1) is 9.00. The summed E-state index contributed by atoms with van der Waals surface area (Å²) in [5.41, 5.74) is 1.35. The van der Waals surface area contributed by atoms with Crippen molar-refractivity contribution in [2.75, 3.05) is 11.9 Å². The molecule has 3 atom stereocenters. The Hall–Kier alpha value is -1.03. The quantitative estimate of drug-likeness (QED) is 0.911. The molecule has 1 saturated carbocycles. The number of anilines is 1. The van der Waals surface area contributed by atoms with E-state index in [1.54, 1.807) is 0 Å². The molecule has 0 radical (unpaired) electrons. The molecule has 3 rings (SSSR count). The van der Waals surface area contributed by atoms with Gasteiger partial charge in [-0.2, -0.15) is 5.10 Å². The van der Waals surface area contributed by atoms with Gasteiger partial charge in [-0.05, 0) is 26.7 Å². The van der Waals surface area contributed by atoms with Crippen LogP contribution in [0, 0.1) is 11.3 Å². The molecule has 1 aliphatic carbocycles. The number of fused-ring (bicyclic) bond motifs is 1. The summed E-state index contributed by atoms with van der Waals surface area (Å²) in [7, 11) is 0. The Labute approximate surface area is 115 Å². The molecular weight excluding hydrogens is 238 g/mol. The minimum Gasteiger partial charge on any atom is -0.379 e. The molecule has 1 aromatic rings. The van der Waals surface area contributed by atoms with Crippen LogP contribution in [-0.4, -0.2) is 28.5 Å². The molecule has 2 aliphatic rings. The second kappa shape index (κ2) is 4.51. The Bertz CT molecular complexity index is 452. The molecule has 3 unspecified atom stereocenters. The molecule has 4 heteroatoms. The van der Waals surface area contributed by atoms with Crippen LogP contribution in [0.2, 0.25) is 0 Å². The lowest BCUT2D eigenvalue weighted by atomic mass is 9.55. The van der Waals surface area contributed by atoms with Crippen molar-refractivity contribution in [1.29, 1.82) is 0 Å². The summed E-state index contributed by atoms with van der Waals surface area (Å²) in [5.74, 6) is 0.658. The number of hydrogen-bond donors (Lipinski definition) is 1. The lowest BCUT2D eigenvalue weighted by Gasteiger charge is -2.60. The van der Waals surface area contributed by atoms with Crippen LogP contribution in [0.4, 0.5) is 5.69 Å². The van der Waals surface area contributed by atoms with Gasteiger partial charge in [0.1, 0.15) is 0 Å². The average molecular weight is 263 g/mol. The predicted molar refractivity (Wildman–Crippen MR) is 76.3 cm³/mol. The van der Waals surface area contributed by atoms with Crippen LogP contribution in [0.15, 0.2) is 12.4 Å². The number of nitrogens with one attached hydrogen (secondary N) is 1. The van der Waals surface area contributed by atoms with Gasteiger partial charge in [0, 0.05) is 36.2 Å². The van der Waals surface area contributed by atoms with E-state index in [2.05, 4.69) is 44.3 Å². The van der Waals surface area contributed by atoms with Gasteiger partial charge in [-0.15, -0.1) is 0 Å². The number of nitrogens with zero attached hydrogens (tertiary/aromatic N) is 2. The summed E-state index contributed by atoms with van der Waals surface area (Å²) in [5, 5.41) is 8.08. The van der Waals surface area contributed by atoms with Crippen LogP contribution < -0.4 is 5.32 Å². The summed E-state index contributed by atoms with van der Waals surface area (Å²) in [6.45, 7) is 9.85. The molecular formula is C15H25N3O. The van der Waals surface area contributed by atoms with Crippen LogP contribution >= 0.6 is 0 Å². The van der Waals surface area contributed by atoms with E-state index >= 15 is 0 Å². The van der Waals surface area contributed by atoms with Gasteiger partial charge in [-0.25, -0.2) is 0 Å². The molecule has 4 nitrogen and oxygen atoms in total. The van der Waals surface area contributed by atoms with Crippen LogP contribution in [0.5, 0.6) is 0 Å². The highest BCUT2D eigenvalue weighted by molar-refractivity contribution is 5.42. The fourth-order valence-electron chi connectivity index (χ4n) is 3.69. The van der Waals surface area contributed by atoms with E-state index in [0.717, 1.165) is 12.3 Å². The molecule has 0 spiro atoms. The van der Waals surface area contributed by atoms with Gasteiger partial charge in [0.05, 0.1) is 18.0 Å². The Morgan fingerprint density at radius 2 is 2.26 bits per heavy atom. The maximum Gasteiger partial charge on any atom is 0.0729 e. The Balaban J connectivity index is 1.71. The van der Waals surface area contributed by atoms with Gasteiger partial charge in [0.25, 0.3) is 0 Å². The van der Waals surface area contributed by atoms with Crippen molar-refractivity contribution in [3.8, 4) is 0 Å². The number of hydrogen-bond acceptors (Lipinski definition) is 3. The van der Waals surface area contributed by atoms with E-state index in [1.807, 2.05) is 10.9 Å². The van der Waals surface area contributed by atoms with Gasteiger partial charge in [-0.3, -0.25) is 4.68 Å². The lowest BCUT2D eigenvalue weighted by molar-refractivity contribution is -0.177. The summed E-state index contributed by atoms with van der Waals surface area (Å²) < 4.78 is 7.95. The van der Waals surface area contributed by atoms with E-state index in [0.29, 0.717) is 24.1 Å². The standard InChI is InChI=1S/C15H25N3O/c1-10(2)18-9-11(8-16-18)17-13-12-6-5-7-19-14(12)15(13,3)4/h8-10,12-14,17H,5-7H2,1-4H3. The minimum absolute atomic E-state index is 0.213. The SMILES string of the molecule is CC(C)n1cc(NC2C3CCCOC3C2(C)C)cn1. The molecule has 1 N–H and O–H groups in total. The molecule has 19 heavy (non-hydrogen) atoms. The summed E-state index contributed by atoms with van der Waals surface area (Å²) >= 11 is 0. The summed E-state index contributed by atoms with van der Waals surface area (Å²) in [6, 6.07) is 0.915. The van der Waals surface area contributed by atoms with Crippen molar-refractivity contribution in [1.82, 2.24) is 9.78 Å². The van der Waals surface area contributed by atoms with E-state index in [4.69, 9.17) is 4.74 Å². The third-order valence-electron chi connectivity index (χ3n) is 4.78. The molecule has 0 amide bonds. The minimum atomic E-state index is 0.213. The number of rotatable bonds is 3. The van der Waals surface area contributed by atoms with Crippen molar-refractivity contribution in [3.05, 3.63) is 12.4 Å². The van der Waals surface area contributed by atoms with Crippen molar-refractivity contribution in [2.45, 2.75) is 58.7 Å². The fraction of sp³-hybridized carbons (Fsp3) is 0.800. The number of ether oxygens (including phenoxy) is 1. The molecule has 0 bridgehead atoms. The largest absolute Gasteiger partial charge is 0.379 e. The van der Waals surface area contributed by atoms with Crippen LogP contribution in [0.25, 0.3) is 0 Å². The van der Waals surface area contributed by atoms with Crippen molar-refractivity contribution >= 4 is 5.69 Å². The second-order valence-electron chi connectivity index (χ2n) is 6.84. The first-order valence-corrected chi connectivity index (χ1v) is 7.42. The first-order valence-electron chi connectivity index (χ1n) is 7.42. The van der Waals surface area contributed by atoms with Crippen molar-refractivity contribution < 1.29 is 4.74 Å². The molecule has 1 aromatic heterocycles. The van der Waals surface area contributed by atoms with Gasteiger partial charge >= 0.3 is 0 Å². The topological polar surface area (TPSA) is 39.1 Å². The molecule has 2 heterocycles. The Morgan fingerprint density at radius 1 is 1.47 bits per heavy atom. The van der Waals surface area contributed by atoms with Gasteiger partial charge in [0.15, 0.2) is 0 Å². The van der Waals surface area contributed by atoms with E-state index in [1.165, 1.54) is 12.8 Å². The Morgan fingerprint density at radius 3 is 2.95 bits per heavy atom. The summed E-state index contributed by atoms with van der Waals surface area (Å²) in [4.78, 5) is 0. The molecule has 1 aliphatic heterocycles.